The Kier molecular flexibility index (Phi) is 3.64. The van der Waals surface area contributed by atoms with Crippen LogP contribution in [0.3, 0.4) is 0 Å². The van der Waals surface area contributed by atoms with E-state index in [0.717, 1.165) is 18.7 Å². The Labute approximate surface area is 101 Å². The van der Waals surface area contributed by atoms with Crippen LogP contribution in [0.4, 0.5) is 0 Å². The number of aromatic hydroxyl groups is 1. The fourth-order valence-corrected chi connectivity index (χ4v) is 2.13. The van der Waals surface area contributed by atoms with Crippen molar-refractivity contribution in [2.75, 3.05) is 13.1 Å². The molecule has 4 heteroatoms. The Hall–Kier alpha value is -1.55. The average molecular weight is 234 g/mol. The normalized spacial score (nSPS) is 23.6. The van der Waals surface area contributed by atoms with E-state index in [-0.39, 0.29) is 17.6 Å². The van der Waals surface area contributed by atoms with Crippen molar-refractivity contribution in [1.82, 2.24) is 10.6 Å². The summed E-state index contributed by atoms with van der Waals surface area (Å²) in [7, 11) is 0. The fourth-order valence-electron chi connectivity index (χ4n) is 2.13. The molecule has 1 aromatic carbocycles. The smallest absolute Gasteiger partial charge is 0.224 e. The molecule has 92 valence electrons. The lowest BCUT2D eigenvalue weighted by molar-refractivity contribution is -0.125. The highest BCUT2D eigenvalue weighted by Gasteiger charge is 2.29. The molecule has 4 nitrogen and oxygen atoms in total. The van der Waals surface area contributed by atoms with E-state index in [2.05, 4.69) is 17.6 Å². The number of phenols is 1. The van der Waals surface area contributed by atoms with Gasteiger partial charge < -0.3 is 15.7 Å². The van der Waals surface area contributed by atoms with Gasteiger partial charge in [-0.05, 0) is 18.5 Å². The summed E-state index contributed by atoms with van der Waals surface area (Å²) < 4.78 is 0. The topological polar surface area (TPSA) is 61.4 Å². The molecule has 1 aliphatic rings. The van der Waals surface area contributed by atoms with Crippen molar-refractivity contribution in [1.29, 1.82) is 0 Å². The number of amides is 1. The van der Waals surface area contributed by atoms with Gasteiger partial charge >= 0.3 is 0 Å². The SMILES string of the molecule is CC1CNCC1C(=O)NCc1ccccc1O. The van der Waals surface area contributed by atoms with Gasteiger partial charge in [-0.1, -0.05) is 25.1 Å². The van der Waals surface area contributed by atoms with Crippen molar-refractivity contribution in [2.45, 2.75) is 13.5 Å². The minimum atomic E-state index is 0.0425. The summed E-state index contributed by atoms with van der Waals surface area (Å²) in [6.45, 7) is 4.10. The Morgan fingerprint density at radius 3 is 2.88 bits per heavy atom. The minimum absolute atomic E-state index is 0.0425. The highest BCUT2D eigenvalue weighted by atomic mass is 16.3. The molecule has 1 aliphatic heterocycles. The molecule has 0 aromatic heterocycles. The first-order valence-corrected chi connectivity index (χ1v) is 5.94. The quantitative estimate of drug-likeness (QED) is 0.727. The number of benzene rings is 1. The van der Waals surface area contributed by atoms with Crippen molar-refractivity contribution < 1.29 is 9.90 Å². The zero-order valence-electron chi connectivity index (χ0n) is 9.94. The van der Waals surface area contributed by atoms with E-state index >= 15 is 0 Å². The summed E-state index contributed by atoms with van der Waals surface area (Å²) in [6.07, 6.45) is 0. The minimum Gasteiger partial charge on any atom is -0.508 e. The largest absolute Gasteiger partial charge is 0.508 e. The van der Waals surface area contributed by atoms with Gasteiger partial charge in [0, 0.05) is 18.7 Å². The molecule has 0 aliphatic carbocycles. The van der Waals surface area contributed by atoms with Crippen LogP contribution in [-0.4, -0.2) is 24.1 Å². The van der Waals surface area contributed by atoms with Crippen molar-refractivity contribution in [2.24, 2.45) is 11.8 Å². The standard InChI is InChI=1S/C13H18N2O2/c1-9-6-14-8-11(9)13(17)15-7-10-4-2-3-5-12(10)16/h2-5,9,11,14,16H,6-8H2,1H3,(H,15,17). The molecule has 0 radical (unpaired) electrons. The van der Waals surface area contributed by atoms with Gasteiger partial charge in [0.15, 0.2) is 0 Å². The fraction of sp³-hybridized carbons (Fsp3) is 0.462. The van der Waals surface area contributed by atoms with E-state index in [1.807, 2.05) is 12.1 Å². The van der Waals surface area contributed by atoms with Gasteiger partial charge in [-0.15, -0.1) is 0 Å². The molecule has 17 heavy (non-hydrogen) atoms. The van der Waals surface area contributed by atoms with E-state index in [9.17, 15) is 9.90 Å². The Bertz CT molecular complexity index is 406. The molecule has 2 atom stereocenters. The van der Waals surface area contributed by atoms with Crippen molar-refractivity contribution in [3.63, 3.8) is 0 Å². The van der Waals surface area contributed by atoms with Crippen LogP contribution in [0.2, 0.25) is 0 Å². The zero-order valence-corrected chi connectivity index (χ0v) is 9.94. The second kappa shape index (κ2) is 5.19. The lowest BCUT2D eigenvalue weighted by Crippen LogP contribution is -2.33. The highest BCUT2D eigenvalue weighted by Crippen LogP contribution is 2.18. The molecule has 1 aromatic rings. The number of hydrogen-bond acceptors (Lipinski definition) is 3. The predicted molar refractivity (Wildman–Crippen MR) is 65.5 cm³/mol. The maximum atomic E-state index is 11.9. The number of carbonyl (C=O) groups excluding carboxylic acids is 1. The molecule has 0 bridgehead atoms. The van der Waals surface area contributed by atoms with Crippen LogP contribution in [0.25, 0.3) is 0 Å². The maximum Gasteiger partial charge on any atom is 0.224 e. The molecule has 0 saturated carbocycles. The lowest BCUT2D eigenvalue weighted by Gasteiger charge is -2.14. The molecular formula is C13H18N2O2. The van der Waals surface area contributed by atoms with E-state index in [1.54, 1.807) is 12.1 Å². The molecule has 2 rings (SSSR count). The predicted octanol–water partition coefficient (Wildman–Crippen LogP) is 0.864. The Morgan fingerprint density at radius 2 is 2.24 bits per heavy atom. The van der Waals surface area contributed by atoms with Crippen LogP contribution in [0.15, 0.2) is 24.3 Å². The number of rotatable bonds is 3. The molecule has 2 unspecified atom stereocenters. The summed E-state index contributed by atoms with van der Waals surface area (Å²) >= 11 is 0. The van der Waals surface area contributed by atoms with Crippen LogP contribution >= 0.6 is 0 Å². The summed E-state index contributed by atoms with van der Waals surface area (Å²) in [5.41, 5.74) is 0.749. The number of nitrogens with one attached hydrogen (secondary N) is 2. The first-order valence-electron chi connectivity index (χ1n) is 5.94. The van der Waals surface area contributed by atoms with Crippen molar-refractivity contribution in [3.05, 3.63) is 29.8 Å². The van der Waals surface area contributed by atoms with Crippen molar-refractivity contribution >= 4 is 5.91 Å². The summed E-state index contributed by atoms with van der Waals surface area (Å²) in [5, 5.41) is 15.7. The molecule has 1 heterocycles. The van der Waals surface area contributed by atoms with E-state index in [1.165, 1.54) is 0 Å². The van der Waals surface area contributed by atoms with E-state index in [0.29, 0.717) is 12.5 Å². The second-order valence-corrected chi connectivity index (χ2v) is 4.59. The third-order valence-corrected chi connectivity index (χ3v) is 3.30. The second-order valence-electron chi connectivity index (χ2n) is 4.59. The van der Waals surface area contributed by atoms with E-state index < -0.39 is 0 Å². The van der Waals surface area contributed by atoms with Gasteiger partial charge in [-0.3, -0.25) is 4.79 Å². The number of carbonyl (C=O) groups is 1. The van der Waals surface area contributed by atoms with Gasteiger partial charge in [0.1, 0.15) is 5.75 Å². The number of para-hydroxylation sites is 1. The van der Waals surface area contributed by atoms with Crippen LogP contribution < -0.4 is 10.6 Å². The molecule has 1 fully saturated rings. The highest BCUT2D eigenvalue weighted by molar-refractivity contribution is 5.79. The monoisotopic (exact) mass is 234 g/mol. The number of hydrogen-bond donors (Lipinski definition) is 3. The molecule has 1 saturated heterocycles. The van der Waals surface area contributed by atoms with Crippen molar-refractivity contribution in [3.8, 4) is 5.75 Å². The lowest BCUT2D eigenvalue weighted by atomic mass is 9.97. The van der Waals surface area contributed by atoms with Gasteiger partial charge in [0.2, 0.25) is 5.91 Å². The zero-order chi connectivity index (χ0) is 12.3. The third-order valence-electron chi connectivity index (χ3n) is 3.30. The molecular weight excluding hydrogens is 216 g/mol. The van der Waals surface area contributed by atoms with Gasteiger partial charge in [-0.25, -0.2) is 0 Å². The van der Waals surface area contributed by atoms with Crippen LogP contribution in [0.1, 0.15) is 12.5 Å². The maximum absolute atomic E-state index is 11.9. The van der Waals surface area contributed by atoms with Crippen LogP contribution in [0.5, 0.6) is 5.75 Å². The van der Waals surface area contributed by atoms with Crippen LogP contribution in [0, 0.1) is 11.8 Å². The van der Waals surface area contributed by atoms with Gasteiger partial charge in [-0.2, -0.15) is 0 Å². The number of phenolic OH excluding ortho intramolecular Hbond substituents is 1. The summed E-state index contributed by atoms with van der Waals surface area (Å²) in [6, 6.07) is 7.05. The molecule has 0 spiro atoms. The van der Waals surface area contributed by atoms with Gasteiger partial charge in [0.25, 0.3) is 0 Å². The van der Waals surface area contributed by atoms with E-state index in [4.69, 9.17) is 0 Å². The Balaban J connectivity index is 1.90. The summed E-state index contributed by atoms with van der Waals surface area (Å²) in [4.78, 5) is 11.9. The first kappa shape index (κ1) is 11.9. The first-order chi connectivity index (χ1) is 8.18. The Morgan fingerprint density at radius 1 is 1.47 bits per heavy atom. The third kappa shape index (κ3) is 2.77. The van der Waals surface area contributed by atoms with Gasteiger partial charge in [0.05, 0.1) is 5.92 Å². The average Bonchev–Trinajstić information content (AvgIpc) is 2.74. The summed E-state index contributed by atoms with van der Waals surface area (Å²) in [5.74, 6) is 0.705. The van der Waals surface area contributed by atoms with Crippen LogP contribution in [-0.2, 0) is 11.3 Å². The molecule has 1 amide bonds. The molecule has 3 N–H and O–H groups in total.